The van der Waals surface area contributed by atoms with Gasteiger partial charge in [-0.05, 0) is 30.5 Å². The summed E-state index contributed by atoms with van der Waals surface area (Å²) in [6.45, 7) is 1.11. The lowest BCUT2D eigenvalue weighted by Crippen LogP contribution is -2.40. The van der Waals surface area contributed by atoms with Gasteiger partial charge in [-0.3, -0.25) is 0 Å². The third-order valence-corrected chi connectivity index (χ3v) is 4.54. The Labute approximate surface area is 112 Å². The van der Waals surface area contributed by atoms with Gasteiger partial charge in [0.1, 0.15) is 10.7 Å². The number of sulfonamides is 1. The number of hydrogen-bond acceptors (Lipinski definition) is 4. The Bertz CT molecular complexity index is 542. The maximum atomic E-state index is 13.7. The van der Waals surface area contributed by atoms with E-state index in [-0.39, 0.29) is 17.5 Å². The van der Waals surface area contributed by atoms with Crippen molar-refractivity contribution in [2.24, 2.45) is 5.73 Å². The molecule has 2 rings (SSSR count). The van der Waals surface area contributed by atoms with Crippen molar-refractivity contribution >= 4 is 10.0 Å². The quantitative estimate of drug-likeness (QED) is 0.856. The Morgan fingerprint density at radius 2 is 2.26 bits per heavy atom. The molecule has 7 heteroatoms. The van der Waals surface area contributed by atoms with E-state index in [1.54, 1.807) is 0 Å². The minimum absolute atomic E-state index is 0.162. The summed E-state index contributed by atoms with van der Waals surface area (Å²) in [5.74, 6) is -0.776. The fourth-order valence-electron chi connectivity index (χ4n) is 2.00. The summed E-state index contributed by atoms with van der Waals surface area (Å²) in [6, 6.07) is 3.55. The first-order chi connectivity index (χ1) is 9.03. The second-order valence-electron chi connectivity index (χ2n) is 4.50. The SMILES string of the molecule is NCc1ccc(F)c(S(=O)(=O)NC2CCCOC2)c1. The lowest BCUT2D eigenvalue weighted by molar-refractivity contribution is 0.0774. The van der Waals surface area contributed by atoms with E-state index in [2.05, 4.69) is 4.72 Å². The minimum atomic E-state index is -3.88. The van der Waals surface area contributed by atoms with Gasteiger partial charge in [0.2, 0.25) is 10.0 Å². The molecular weight excluding hydrogens is 271 g/mol. The molecule has 1 unspecified atom stereocenters. The van der Waals surface area contributed by atoms with Gasteiger partial charge in [0, 0.05) is 19.2 Å². The molecule has 1 aliphatic heterocycles. The van der Waals surface area contributed by atoms with Crippen LogP contribution in [0.5, 0.6) is 0 Å². The predicted octanol–water partition coefficient (Wildman–Crippen LogP) is 0.742. The van der Waals surface area contributed by atoms with Gasteiger partial charge in [0.05, 0.1) is 6.61 Å². The van der Waals surface area contributed by atoms with Gasteiger partial charge in [0.25, 0.3) is 0 Å². The second kappa shape index (κ2) is 5.96. The van der Waals surface area contributed by atoms with Gasteiger partial charge in [-0.15, -0.1) is 0 Å². The zero-order valence-corrected chi connectivity index (χ0v) is 11.2. The normalized spacial score (nSPS) is 20.4. The van der Waals surface area contributed by atoms with Crippen LogP contribution in [0.4, 0.5) is 4.39 Å². The van der Waals surface area contributed by atoms with E-state index in [4.69, 9.17) is 10.5 Å². The minimum Gasteiger partial charge on any atom is -0.380 e. The average molecular weight is 288 g/mol. The Balaban J connectivity index is 2.23. The van der Waals surface area contributed by atoms with Crippen molar-refractivity contribution in [3.8, 4) is 0 Å². The van der Waals surface area contributed by atoms with Crippen LogP contribution in [0, 0.1) is 5.82 Å². The maximum absolute atomic E-state index is 13.7. The lowest BCUT2D eigenvalue weighted by Gasteiger charge is -2.23. The van der Waals surface area contributed by atoms with Gasteiger partial charge in [-0.2, -0.15) is 0 Å². The van der Waals surface area contributed by atoms with Crippen LogP contribution in [-0.2, 0) is 21.3 Å². The van der Waals surface area contributed by atoms with Crippen LogP contribution in [0.1, 0.15) is 18.4 Å². The number of halogens is 1. The highest BCUT2D eigenvalue weighted by molar-refractivity contribution is 7.89. The van der Waals surface area contributed by atoms with Crippen molar-refractivity contribution in [3.05, 3.63) is 29.6 Å². The Hall–Kier alpha value is -1.02. The summed E-state index contributed by atoms with van der Waals surface area (Å²) in [4.78, 5) is -0.360. The summed E-state index contributed by atoms with van der Waals surface area (Å²) in [6.07, 6.45) is 1.48. The van der Waals surface area contributed by atoms with Gasteiger partial charge in [0.15, 0.2) is 0 Å². The summed E-state index contributed by atoms with van der Waals surface area (Å²) < 4.78 is 45.6. The van der Waals surface area contributed by atoms with E-state index in [9.17, 15) is 12.8 Å². The van der Waals surface area contributed by atoms with E-state index in [0.29, 0.717) is 25.2 Å². The van der Waals surface area contributed by atoms with Crippen LogP contribution in [0.3, 0.4) is 0 Å². The van der Waals surface area contributed by atoms with Gasteiger partial charge < -0.3 is 10.5 Å². The fraction of sp³-hybridized carbons (Fsp3) is 0.500. The molecule has 0 aliphatic carbocycles. The zero-order chi connectivity index (χ0) is 13.9. The first kappa shape index (κ1) is 14.4. The van der Waals surface area contributed by atoms with Crippen molar-refractivity contribution in [2.75, 3.05) is 13.2 Å². The van der Waals surface area contributed by atoms with Crippen LogP contribution in [0.2, 0.25) is 0 Å². The summed E-state index contributed by atoms with van der Waals surface area (Å²) in [7, 11) is -3.88. The molecule has 0 amide bonds. The molecular formula is C12H17FN2O3S. The largest absolute Gasteiger partial charge is 0.380 e. The van der Waals surface area contributed by atoms with Gasteiger partial charge in [-0.1, -0.05) is 6.07 Å². The molecule has 0 aromatic heterocycles. The van der Waals surface area contributed by atoms with E-state index in [1.165, 1.54) is 12.1 Å². The average Bonchev–Trinajstić information content (AvgIpc) is 2.39. The van der Waals surface area contributed by atoms with Crippen LogP contribution < -0.4 is 10.5 Å². The molecule has 1 aromatic rings. The highest BCUT2D eigenvalue weighted by Gasteiger charge is 2.25. The molecule has 1 heterocycles. The number of benzene rings is 1. The Morgan fingerprint density at radius 3 is 2.89 bits per heavy atom. The Kier molecular flexibility index (Phi) is 4.51. The summed E-state index contributed by atoms with van der Waals surface area (Å²) >= 11 is 0. The highest BCUT2D eigenvalue weighted by Crippen LogP contribution is 2.18. The fourth-order valence-corrected chi connectivity index (χ4v) is 3.38. The number of rotatable bonds is 4. The number of nitrogens with one attached hydrogen (secondary N) is 1. The molecule has 1 saturated heterocycles. The lowest BCUT2D eigenvalue weighted by atomic mass is 10.1. The molecule has 1 atom stereocenters. The van der Waals surface area contributed by atoms with Crippen LogP contribution in [0.15, 0.2) is 23.1 Å². The molecule has 19 heavy (non-hydrogen) atoms. The van der Waals surface area contributed by atoms with Crippen molar-refractivity contribution < 1.29 is 17.5 Å². The molecule has 0 spiro atoms. The van der Waals surface area contributed by atoms with E-state index >= 15 is 0 Å². The molecule has 1 aliphatic rings. The molecule has 1 fully saturated rings. The summed E-state index contributed by atoms with van der Waals surface area (Å²) in [5, 5.41) is 0. The van der Waals surface area contributed by atoms with Crippen molar-refractivity contribution in [1.82, 2.24) is 4.72 Å². The van der Waals surface area contributed by atoms with Crippen molar-refractivity contribution in [1.29, 1.82) is 0 Å². The van der Waals surface area contributed by atoms with Gasteiger partial charge in [-0.25, -0.2) is 17.5 Å². The van der Waals surface area contributed by atoms with Crippen LogP contribution in [0.25, 0.3) is 0 Å². The van der Waals surface area contributed by atoms with Crippen molar-refractivity contribution in [2.45, 2.75) is 30.3 Å². The standard InChI is InChI=1S/C12H17FN2O3S/c13-11-4-3-9(7-14)6-12(11)19(16,17)15-10-2-1-5-18-8-10/h3-4,6,10,15H,1-2,5,7-8,14H2. The monoisotopic (exact) mass is 288 g/mol. The first-order valence-electron chi connectivity index (χ1n) is 6.11. The first-order valence-corrected chi connectivity index (χ1v) is 7.60. The highest BCUT2D eigenvalue weighted by atomic mass is 32.2. The third kappa shape index (κ3) is 3.50. The Morgan fingerprint density at radius 1 is 1.47 bits per heavy atom. The predicted molar refractivity (Wildman–Crippen MR) is 68.5 cm³/mol. The molecule has 0 radical (unpaired) electrons. The molecule has 3 N–H and O–H groups in total. The van der Waals surface area contributed by atoms with Crippen LogP contribution in [-0.4, -0.2) is 27.7 Å². The van der Waals surface area contributed by atoms with Crippen LogP contribution >= 0.6 is 0 Å². The smallest absolute Gasteiger partial charge is 0.243 e. The molecule has 106 valence electrons. The summed E-state index contributed by atoms with van der Waals surface area (Å²) in [5.41, 5.74) is 6.01. The van der Waals surface area contributed by atoms with E-state index in [1.807, 2.05) is 0 Å². The maximum Gasteiger partial charge on any atom is 0.243 e. The topological polar surface area (TPSA) is 81.4 Å². The second-order valence-corrected chi connectivity index (χ2v) is 6.19. The zero-order valence-electron chi connectivity index (χ0n) is 10.4. The van der Waals surface area contributed by atoms with Gasteiger partial charge >= 0.3 is 0 Å². The third-order valence-electron chi connectivity index (χ3n) is 3.00. The number of hydrogen-bond donors (Lipinski definition) is 2. The van der Waals surface area contributed by atoms with E-state index < -0.39 is 15.8 Å². The molecule has 5 nitrogen and oxygen atoms in total. The number of ether oxygens (including phenoxy) is 1. The molecule has 0 bridgehead atoms. The molecule has 0 saturated carbocycles. The molecule has 1 aromatic carbocycles. The van der Waals surface area contributed by atoms with E-state index in [0.717, 1.165) is 12.5 Å². The number of nitrogens with two attached hydrogens (primary N) is 1. The van der Waals surface area contributed by atoms with Crippen molar-refractivity contribution in [3.63, 3.8) is 0 Å².